The van der Waals surface area contributed by atoms with Crippen LogP contribution in [-0.4, -0.2) is 25.7 Å². The van der Waals surface area contributed by atoms with Crippen LogP contribution in [0.1, 0.15) is 5.56 Å². The zero-order valence-electron chi connectivity index (χ0n) is 12.6. The lowest BCUT2D eigenvalue weighted by Crippen LogP contribution is -2.32. The molecule has 1 N–H and O–H groups in total. The van der Waals surface area contributed by atoms with E-state index in [4.69, 9.17) is 9.47 Å². The molecule has 2 aromatic carbocycles. The highest BCUT2D eigenvalue weighted by Gasteiger charge is 2.04. The number of hydrogen-bond acceptors (Lipinski definition) is 3. The van der Waals surface area contributed by atoms with Crippen molar-refractivity contribution in [3.63, 3.8) is 0 Å². The molecule has 2 aromatic rings. The van der Waals surface area contributed by atoms with Gasteiger partial charge in [0, 0.05) is 4.47 Å². The van der Waals surface area contributed by atoms with Crippen LogP contribution < -0.4 is 14.8 Å². The first-order chi connectivity index (χ1) is 11.0. The fourth-order valence-corrected chi connectivity index (χ4v) is 2.04. The Labute approximate surface area is 142 Å². The van der Waals surface area contributed by atoms with Gasteiger partial charge in [0.1, 0.15) is 23.9 Å². The molecule has 0 unspecified atom stereocenters. The maximum atomic E-state index is 12.7. The van der Waals surface area contributed by atoms with Crippen LogP contribution in [0.5, 0.6) is 11.5 Å². The third kappa shape index (κ3) is 5.90. The SMILES string of the molecule is Cc1cc(OCC(=O)NCCOc2ccc(F)cc2)ccc1Br. The summed E-state index contributed by atoms with van der Waals surface area (Å²) in [4.78, 5) is 11.7. The summed E-state index contributed by atoms with van der Waals surface area (Å²) >= 11 is 3.41. The standard InChI is InChI=1S/C17H17BrFNO3/c1-12-10-15(6-7-16(12)18)23-11-17(21)20-8-9-22-14-4-2-13(19)3-5-14/h2-7,10H,8-9,11H2,1H3,(H,20,21). The van der Waals surface area contributed by atoms with Crippen molar-refractivity contribution in [3.8, 4) is 11.5 Å². The largest absolute Gasteiger partial charge is 0.492 e. The molecule has 0 spiro atoms. The molecule has 23 heavy (non-hydrogen) atoms. The summed E-state index contributed by atoms with van der Waals surface area (Å²) in [6.45, 7) is 2.54. The topological polar surface area (TPSA) is 47.6 Å². The van der Waals surface area contributed by atoms with Gasteiger partial charge < -0.3 is 14.8 Å². The van der Waals surface area contributed by atoms with Gasteiger partial charge in [-0.3, -0.25) is 4.79 Å². The molecule has 1 amide bonds. The average molecular weight is 382 g/mol. The van der Waals surface area contributed by atoms with E-state index in [2.05, 4.69) is 21.2 Å². The van der Waals surface area contributed by atoms with E-state index in [9.17, 15) is 9.18 Å². The number of carbonyl (C=O) groups is 1. The van der Waals surface area contributed by atoms with Gasteiger partial charge in [-0.15, -0.1) is 0 Å². The number of benzene rings is 2. The quantitative estimate of drug-likeness (QED) is 0.746. The van der Waals surface area contributed by atoms with Gasteiger partial charge in [-0.05, 0) is 55.0 Å². The summed E-state index contributed by atoms with van der Waals surface area (Å²) in [7, 11) is 0. The number of amides is 1. The van der Waals surface area contributed by atoms with Crippen molar-refractivity contribution < 1.29 is 18.7 Å². The maximum absolute atomic E-state index is 12.7. The number of carbonyl (C=O) groups excluding carboxylic acids is 1. The molecular formula is C17H17BrFNO3. The fraction of sp³-hybridized carbons (Fsp3) is 0.235. The molecule has 0 aromatic heterocycles. The Morgan fingerprint density at radius 2 is 1.83 bits per heavy atom. The molecule has 0 aliphatic rings. The molecule has 0 saturated carbocycles. The van der Waals surface area contributed by atoms with Gasteiger partial charge in [0.15, 0.2) is 6.61 Å². The molecule has 122 valence electrons. The fourth-order valence-electron chi connectivity index (χ4n) is 1.80. The van der Waals surface area contributed by atoms with E-state index in [0.29, 0.717) is 24.7 Å². The third-order valence-corrected chi connectivity index (χ3v) is 3.90. The lowest BCUT2D eigenvalue weighted by molar-refractivity contribution is -0.123. The number of aryl methyl sites for hydroxylation is 1. The van der Waals surface area contributed by atoms with E-state index >= 15 is 0 Å². The van der Waals surface area contributed by atoms with Gasteiger partial charge in [0.05, 0.1) is 6.54 Å². The van der Waals surface area contributed by atoms with Crippen LogP contribution in [-0.2, 0) is 4.79 Å². The van der Waals surface area contributed by atoms with E-state index in [1.165, 1.54) is 24.3 Å². The molecule has 0 saturated heterocycles. The van der Waals surface area contributed by atoms with E-state index < -0.39 is 0 Å². The average Bonchev–Trinajstić information content (AvgIpc) is 2.54. The Kier molecular flexibility index (Phi) is 6.40. The van der Waals surface area contributed by atoms with Gasteiger partial charge in [0.25, 0.3) is 5.91 Å². The molecule has 0 fully saturated rings. The number of hydrogen-bond donors (Lipinski definition) is 1. The minimum Gasteiger partial charge on any atom is -0.492 e. The molecular weight excluding hydrogens is 365 g/mol. The molecule has 0 aliphatic heterocycles. The Morgan fingerprint density at radius 1 is 1.13 bits per heavy atom. The molecule has 2 rings (SSSR count). The van der Waals surface area contributed by atoms with Gasteiger partial charge >= 0.3 is 0 Å². The summed E-state index contributed by atoms with van der Waals surface area (Å²) in [5, 5.41) is 2.69. The van der Waals surface area contributed by atoms with Gasteiger partial charge in [-0.25, -0.2) is 4.39 Å². The molecule has 6 heteroatoms. The first kappa shape index (κ1) is 17.3. The highest BCUT2D eigenvalue weighted by molar-refractivity contribution is 9.10. The zero-order valence-corrected chi connectivity index (χ0v) is 14.2. The van der Waals surface area contributed by atoms with Crippen molar-refractivity contribution in [3.05, 3.63) is 58.3 Å². The molecule has 0 heterocycles. The monoisotopic (exact) mass is 381 g/mol. The van der Waals surface area contributed by atoms with Crippen LogP contribution >= 0.6 is 15.9 Å². The van der Waals surface area contributed by atoms with Crippen LogP contribution in [0.4, 0.5) is 4.39 Å². The van der Waals surface area contributed by atoms with Crippen molar-refractivity contribution in [2.24, 2.45) is 0 Å². The normalized spacial score (nSPS) is 10.2. The van der Waals surface area contributed by atoms with Crippen LogP contribution in [0, 0.1) is 12.7 Å². The summed E-state index contributed by atoms with van der Waals surface area (Å²) in [6, 6.07) is 11.2. The first-order valence-corrected chi connectivity index (χ1v) is 7.88. The number of rotatable bonds is 7. The summed E-state index contributed by atoms with van der Waals surface area (Å²) in [5.41, 5.74) is 1.04. The molecule has 0 aliphatic carbocycles. The van der Waals surface area contributed by atoms with Crippen molar-refractivity contribution in [2.45, 2.75) is 6.92 Å². The second-order valence-corrected chi connectivity index (χ2v) is 5.71. The van der Waals surface area contributed by atoms with Gasteiger partial charge in [-0.2, -0.15) is 0 Å². The molecule has 0 radical (unpaired) electrons. The van der Waals surface area contributed by atoms with Crippen LogP contribution in [0.15, 0.2) is 46.9 Å². The lowest BCUT2D eigenvalue weighted by atomic mass is 10.2. The minimum atomic E-state index is -0.314. The van der Waals surface area contributed by atoms with Crippen molar-refractivity contribution in [1.29, 1.82) is 0 Å². The summed E-state index contributed by atoms with van der Waals surface area (Å²) in [5.74, 6) is 0.657. The lowest BCUT2D eigenvalue weighted by Gasteiger charge is -2.09. The number of nitrogens with one attached hydrogen (secondary N) is 1. The molecule has 0 atom stereocenters. The first-order valence-electron chi connectivity index (χ1n) is 7.08. The highest BCUT2D eigenvalue weighted by atomic mass is 79.9. The summed E-state index contributed by atoms with van der Waals surface area (Å²) < 4.78 is 24.5. The Balaban J connectivity index is 1.65. The smallest absolute Gasteiger partial charge is 0.258 e. The van der Waals surface area contributed by atoms with Gasteiger partial charge in [0.2, 0.25) is 0 Å². The van der Waals surface area contributed by atoms with E-state index in [0.717, 1.165) is 10.0 Å². The number of halogens is 2. The maximum Gasteiger partial charge on any atom is 0.258 e. The molecule has 4 nitrogen and oxygen atoms in total. The number of ether oxygens (including phenoxy) is 2. The van der Waals surface area contributed by atoms with Crippen molar-refractivity contribution >= 4 is 21.8 Å². The Hall–Kier alpha value is -2.08. The van der Waals surface area contributed by atoms with Crippen LogP contribution in [0.2, 0.25) is 0 Å². The van der Waals surface area contributed by atoms with Crippen LogP contribution in [0.25, 0.3) is 0 Å². The second kappa shape index (κ2) is 8.53. The Bertz CT molecular complexity index is 661. The predicted octanol–water partition coefficient (Wildman–Crippen LogP) is 3.47. The zero-order chi connectivity index (χ0) is 16.7. The van der Waals surface area contributed by atoms with Crippen LogP contribution in [0.3, 0.4) is 0 Å². The Morgan fingerprint density at radius 3 is 2.52 bits per heavy atom. The second-order valence-electron chi connectivity index (χ2n) is 4.85. The van der Waals surface area contributed by atoms with Crippen molar-refractivity contribution in [1.82, 2.24) is 5.32 Å². The van der Waals surface area contributed by atoms with E-state index in [-0.39, 0.29) is 18.3 Å². The van der Waals surface area contributed by atoms with E-state index in [1.807, 2.05) is 19.1 Å². The highest BCUT2D eigenvalue weighted by Crippen LogP contribution is 2.21. The molecule has 0 bridgehead atoms. The van der Waals surface area contributed by atoms with Gasteiger partial charge in [-0.1, -0.05) is 15.9 Å². The van der Waals surface area contributed by atoms with E-state index in [1.54, 1.807) is 6.07 Å². The summed E-state index contributed by atoms with van der Waals surface area (Å²) in [6.07, 6.45) is 0. The minimum absolute atomic E-state index is 0.0579. The van der Waals surface area contributed by atoms with Crippen molar-refractivity contribution in [2.75, 3.05) is 19.8 Å². The third-order valence-electron chi connectivity index (χ3n) is 3.01. The predicted molar refractivity (Wildman–Crippen MR) is 89.3 cm³/mol.